The minimum atomic E-state index is -1.26. The molecule has 0 saturated heterocycles. The number of phenols is 1. The van der Waals surface area contributed by atoms with E-state index in [-0.39, 0.29) is 46.3 Å². The fraction of sp³-hybridized carbons (Fsp3) is 0.0811. The number of amides is 2. The third-order valence-electron chi connectivity index (χ3n) is 8.22. The molecule has 7 rings (SSSR count). The van der Waals surface area contributed by atoms with Gasteiger partial charge in [-0.2, -0.15) is 0 Å². The van der Waals surface area contributed by atoms with E-state index in [0.717, 1.165) is 22.3 Å². The van der Waals surface area contributed by atoms with E-state index in [1.165, 1.54) is 36.4 Å². The van der Waals surface area contributed by atoms with Crippen LogP contribution in [0.15, 0.2) is 112 Å². The number of rotatable bonds is 7. The second kappa shape index (κ2) is 11.8. The third-order valence-corrected chi connectivity index (χ3v) is 8.22. The molecule has 3 aliphatic rings. The van der Waals surface area contributed by atoms with Gasteiger partial charge in [-0.1, -0.05) is 54.6 Å². The predicted octanol–water partition coefficient (Wildman–Crippen LogP) is 6.45. The fourth-order valence-corrected chi connectivity index (χ4v) is 6.17. The van der Waals surface area contributed by atoms with Crippen LogP contribution in [0.5, 0.6) is 5.75 Å². The largest absolute Gasteiger partial charge is 0.508 e. The number of anilines is 1. The Morgan fingerprint density at radius 2 is 1.49 bits per heavy atom. The van der Waals surface area contributed by atoms with E-state index in [2.05, 4.69) is 10.6 Å². The third kappa shape index (κ3) is 5.53. The zero-order chi connectivity index (χ0) is 32.7. The molecule has 0 spiro atoms. The monoisotopic (exact) mass is 626 g/mol. The highest BCUT2D eigenvalue weighted by molar-refractivity contribution is 6.08. The molecule has 0 bridgehead atoms. The molecule has 0 radical (unpaired) electrons. The van der Waals surface area contributed by atoms with Crippen molar-refractivity contribution in [3.63, 3.8) is 0 Å². The van der Waals surface area contributed by atoms with Crippen molar-refractivity contribution in [1.29, 1.82) is 0 Å². The van der Waals surface area contributed by atoms with Gasteiger partial charge in [0.2, 0.25) is 5.91 Å². The van der Waals surface area contributed by atoms with Crippen LogP contribution >= 0.6 is 0 Å². The van der Waals surface area contributed by atoms with Crippen LogP contribution in [-0.4, -0.2) is 41.3 Å². The van der Waals surface area contributed by atoms with Gasteiger partial charge in [0.25, 0.3) is 0 Å². The summed E-state index contributed by atoms with van der Waals surface area (Å²) in [4.78, 5) is 49.8. The summed E-state index contributed by atoms with van der Waals surface area (Å²) < 4.78 is 11.4. The molecule has 4 N–H and O–H groups in total. The number of carboxylic acids is 1. The molecule has 0 fully saturated rings. The first-order valence-electron chi connectivity index (χ1n) is 14.7. The van der Waals surface area contributed by atoms with Crippen molar-refractivity contribution < 1.29 is 33.8 Å². The number of fused-ring (bicyclic) bond motifs is 5. The number of hydrogen-bond donors (Lipinski definition) is 4. The van der Waals surface area contributed by atoms with Crippen molar-refractivity contribution >= 4 is 34.6 Å². The molecule has 2 aliphatic carbocycles. The lowest BCUT2D eigenvalue weighted by molar-refractivity contribution is -0.115. The summed E-state index contributed by atoms with van der Waals surface area (Å²) in [6.07, 6.45) is -0.760. The van der Waals surface area contributed by atoms with Crippen molar-refractivity contribution in [3.05, 3.63) is 130 Å². The highest BCUT2D eigenvalue weighted by Crippen LogP contribution is 2.45. The van der Waals surface area contributed by atoms with E-state index < -0.39 is 24.5 Å². The van der Waals surface area contributed by atoms with Gasteiger partial charge < -0.3 is 30.0 Å². The number of carboxylic acid groups (broad SMARTS) is 1. The van der Waals surface area contributed by atoms with Gasteiger partial charge in [-0.25, -0.2) is 9.59 Å². The lowest BCUT2D eigenvalue weighted by atomic mass is 9.90. The van der Waals surface area contributed by atoms with Crippen molar-refractivity contribution in [2.45, 2.75) is 5.92 Å². The summed E-state index contributed by atoms with van der Waals surface area (Å²) in [5.74, 6) is -1.81. The molecule has 10 nitrogen and oxygen atoms in total. The molecule has 2 amide bonds. The van der Waals surface area contributed by atoms with Crippen LogP contribution in [0.25, 0.3) is 44.5 Å². The molecule has 0 atom stereocenters. The average Bonchev–Trinajstić information content (AvgIpc) is 3.38. The molecular weight excluding hydrogens is 600 g/mol. The van der Waals surface area contributed by atoms with Crippen LogP contribution in [0.1, 0.15) is 27.4 Å². The Balaban J connectivity index is 1.07. The molecule has 47 heavy (non-hydrogen) atoms. The molecule has 1 heterocycles. The first-order chi connectivity index (χ1) is 22.8. The number of ether oxygens (including phenoxy) is 1. The quantitative estimate of drug-likeness (QED) is 0.148. The Morgan fingerprint density at radius 3 is 2.21 bits per heavy atom. The number of aromatic carboxylic acids is 1. The summed E-state index contributed by atoms with van der Waals surface area (Å²) in [6, 6.07) is 29.0. The number of benzene rings is 5. The lowest BCUT2D eigenvalue weighted by Gasteiger charge is -2.17. The number of nitrogens with one attached hydrogen (secondary N) is 2. The molecule has 232 valence electrons. The molecule has 10 heteroatoms. The number of carbonyl (C=O) groups excluding carboxylic acids is 2. The van der Waals surface area contributed by atoms with Crippen molar-refractivity contribution in [1.82, 2.24) is 5.32 Å². The van der Waals surface area contributed by atoms with Gasteiger partial charge in [0, 0.05) is 40.3 Å². The Hall–Kier alpha value is -6.42. The predicted molar refractivity (Wildman–Crippen MR) is 175 cm³/mol. The first kappa shape index (κ1) is 29.3. The van der Waals surface area contributed by atoms with Crippen LogP contribution < -0.4 is 16.1 Å². The zero-order valence-corrected chi connectivity index (χ0v) is 24.7. The van der Waals surface area contributed by atoms with E-state index in [9.17, 15) is 29.4 Å². The van der Waals surface area contributed by atoms with E-state index in [4.69, 9.17) is 9.15 Å². The minimum Gasteiger partial charge on any atom is -0.508 e. The SMILES string of the molecule is O=C(CNC(=O)OCC1c2ccccc2-c2ccccc21)Nc1ccc(-c2c3ccc(=O)cc-3oc3cc(O)ccc23)c(C(=O)O)c1. The maximum Gasteiger partial charge on any atom is 0.407 e. The van der Waals surface area contributed by atoms with Gasteiger partial charge in [0.1, 0.15) is 30.2 Å². The molecule has 1 aliphatic heterocycles. The van der Waals surface area contributed by atoms with Gasteiger partial charge in [-0.05, 0) is 64.2 Å². The number of phenolic OH excluding ortho intramolecular Hbond substituents is 1. The Morgan fingerprint density at radius 1 is 0.787 bits per heavy atom. The van der Waals surface area contributed by atoms with Crippen molar-refractivity contribution in [2.75, 3.05) is 18.5 Å². The summed E-state index contributed by atoms with van der Waals surface area (Å²) in [7, 11) is 0. The summed E-state index contributed by atoms with van der Waals surface area (Å²) in [5, 5.41) is 25.8. The van der Waals surface area contributed by atoms with E-state index in [1.54, 1.807) is 18.2 Å². The number of hydrogen-bond acceptors (Lipinski definition) is 7. The van der Waals surface area contributed by atoms with Gasteiger partial charge in [-0.3, -0.25) is 9.59 Å². The topological polar surface area (TPSA) is 155 Å². The smallest absolute Gasteiger partial charge is 0.407 e. The molecule has 0 unspecified atom stereocenters. The summed E-state index contributed by atoms with van der Waals surface area (Å²) >= 11 is 0. The lowest BCUT2D eigenvalue weighted by Crippen LogP contribution is -2.34. The highest BCUT2D eigenvalue weighted by atomic mass is 16.5. The molecular formula is C37H26N2O8. The standard InChI is InChI=1S/C37H26N2O8/c40-21-10-13-28-32(16-21)47-33-17-22(41)11-14-29(33)35(28)27-12-9-20(15-30(27)36(43)44)39-34(42)18-38-37(45)46-19-31-25-7-3-1-5-23(25)24-6-2-4-8-26(24)31/h1-17,31,40H,18-19H2,(H,38,45)(H,39,42)(H,43,44). The fourth-order valence-electron chi connectivity index (χ4n) is 6.17. The van der Waals surface area contributed by atoms with Crippen LogP contribution in [0, 0.1) is 0 Å². The van der Waals surface area contributed by atoms with Crippen LogP contribution in [0.2, 0.25) is 0 Å². The molecule has 4 aromatic rings. The van der Waals surface area contributed by atoms with Crippen molar-refractivity contribution in [2.24, 2.45) is 0 Å². The van der Waals surface area contributed by atoms with Gasteiger partial charge in [0.15, 0.2) is 5.43 Å². The normalized spacial score (nSPS) is 12.0. The Kier molecular flexibility index (Phi) is 7.37. The van der Waals surface area contributed by atoms with E-state index >= 15 is 0 Å². The van der Waals surface area contributed by atoms with Crippen LogP contribution in [-0.2, 0) is 9.53 Å². The van der Waals surface area contributed by atoms with E-state index in [1.807, 2.05) is 48.5 Å². The second-order valence-corrected chi connectivity index (χ2v) is 11.1. The average molecular weight is 627 g/mol. The van der Waals surface area contributed by atoms with Crippen LogP contribution in [0.4, 0.5) is 10.5 Å². The number of alkyl carbamates (subject to hydrolysis) is 1. The Bertz CT molecular complexity index is 2210. The van der Waals surface area contributed by atoms with Crippen molar-refractivity contribution in [3.8, 4) is 39.3 Å². The number of carbonyl (C=O) groups is 3. The summed E-state index contributed by atoms with van der Waals surface area (Å²) in [6.45, 7) is -0.311. The zero-order valence-electron chi connectivity index (χ0n) is 24.7. The summed E-state index contributed by atoms with van der Waals surface area (Å²) in [5.41, 5.74) is 5.64. The molecule has 0 saturated carbocycles. The Labute approximate surface area is 267 Å². The van der Waals surface area contributed by atoms with Gasteiger partial charge >= 0.3 is 12.1 Å². The number of aromatic hydroxyl groups is 1. The highest BCUT2D eigenvalue weighted by Gasteiger charge is 2.29. The maximum atomic E-state index is 12.8. The molecule has 4 aromatic carbocycles. The first-order valence-corrected chi connectivity index (χ1v) is 14.7. The van der Waals surface area contributed by atoms with Gasteiger partial charge in [0.05, 0.1) is 5.56 Å². The van der Waals surface area contributed by atoms with E-state index in [0.29, 0.717) is 22.1 Å². The van der Waals surface area contributed by atoms with Crippen LogP contribution in [0.3, 0.4) is 0 Å². The molecule has 0 aromatic heterocycles. The van der Waals surface area contributed by atoms with Gasteiger partial charge in [-0.15, -0.1) is 0 Å². The second-order valence-electron chi connectivity index (χ2n) is 11.1. The minimum absolute atomic E-state index is 0.0620. The maximum absolute atomic E-state index is 12.8.